The van der Waals surface area contributed by atoms with E-state index >= 15 is 0 Å². The van der Waals surface area contributed by atoms with Crippen molar-refractivity contribution in [1.29, 1.82) is 5.26 Å². The van der Waals surface area contributed by atoms with Gasteiger partial charge < -0.3 is 14.5 Å². The first-order chi connectivity index (χ1) is 13.6. The number of fused-ring (bicyclic) bond motifs is 1. The molecule has 146 valence electrons. The highest BCUT2D eigenvalue weighted by Crippen LogP contribution is 2.18. The molecular formula is C20H23N5O3. The molecular weight excluding hydrogens is 358 g/mol. The zero-order valence-electron chi connectivity index (χ0n) is 16.1. The second kappa shape index (κ2) is 9.15. The highest BCUT2D eigenvalue weighted by atomic mass is 16.5. The standard InChI is InChI=1S/C20H23N5O3/c1-14-18(15(2)25-20(24-14)16(11-21)12-23-25)6-7-19(26)22-8-4-9-27-13-17-5-3-10-28-17/h3,5,10,12H,4,6-9,13H2,1-2H3,(H,22,26). The van der Waals surface area contributed by atoms with Crippen molar-refractivity contribution >= 4 is 11.6 Å². The minimum absolute atomic E-state index is 0.0110. The van der Waals surface area contributed by atoms with Crippen molar-refractivity contribution in [2.24, 2.45) is 0 Å². The fourth-order valence-electron chi connectivity index (χ4n) is 3.05. The average Bonchev–Trinajstić information content (AvgIpc) is 3.33. The van der Waals surface area contributed by atoms with Crippen LogP contribution in [0.5, 0.6) is 0 Å². The van der Waals surface area contributed by atoms with Crippen LogP contribution < -0.4 is 5.32 Å². The van der Waals surface area contributed by atoms with Crippen LogP contribution in [0.3, 0.4) is 0 Å². The Morgan fingerprint density at radius 3 is 3.04 bits per heavy atom. The van der Waals surface area contributed by atoms with Gasteiger partial charge in [0.2, 0.25) is 5.91 Å². The van der Waals surface area contributed by atoms with Gasteiger partial charge in [0.25, 0.3) is 0 Å². The summed E-state index contributed by atoms with van der Waals surface area (Å²) in [5.41, 5.74) is 3.71. The van der Waals surface area contributed by atoms with Crippen molar-refractivity contribution < 1.29 is 13.9 Å². The molecule has 0 aliphatic rings. The van der Waals surface area contributed by atoms with Crippen molar-refractivity contribution in [2.45, 2.75) is 39.7 Å². The van der Waals surface area contributed by atoms with Crippen molar-refractivity contribution in [3.63, 3.8) is 0 Å². The van der Waals surface area contributed by atoms with Crippen LogP contribution in [0.1, 0.15) is 41.1 Å². The van der Waals surface area contributed by atoms with E-state index in [9.17, 15) is 4.79 Å². The smallest absolute Gasteiger partial charge is 0.220 e. The highest BCUT2D eigenvalue weighted by molar-refractivity contribution is 5.76. The number of nitrogens with one attached hydrogen (secondary N) is 1. The zero-order valence-corrected chi connectivity index (χ0v) is 16.1. The Morgan fingerprint density at radius 1 is 1.43 bits per heavy atom. The monoisotopic (exact) mass is 381 g/mol. The number of hydrogen-bond donors (Lipinski definition) is 1. The number of amides is 1. The van der Waals surface area contributed by atoms with E-state index in [-0.39, 0.29) is 5.91 Å². The van der Waals surface area contributed by atoms with E-state index in [2.05, 4.69) is 21.5 Å². The van der Waals surface area contributed by atoms with Crippen LogP contribution in [-0.4, -0.2) is 33.7 Å². The van der Waals surface area contributed by atoms with Crippen LogP contribution in [0.15, 0.2) is 29.0 Å². The predicted molar refractivity (Wildman–Crippen MR) is 101 cm³/mol. The molecule has 0 bridgehead atoms. The molecule has 0 aliphatic carbocycles. The van der Waals surface area contributed by atoms with Crippen LogP contribution in [0.2, 0.25) is 0 Å². The van der Waals surface area contributed by atoms with Crippen molar-refractivity contribution in [1.82, 2.24) is 19.9 Å². The molecule has 0 radical (unpaired) electrons. The molecule has 0 unspecified atom stereocenters. The van der Waals surface area contributed by atoms with Crippen LogP contribution in [0.4, 0.5) is 0 Å². The number of rotatable bonds is 9. The van der Waals surface area contributed by atoms with Crippen LogP contribution in [0, 0.1) is 25.2 Å². The molecule has 3 heterocycles. The van der Waals surface area contributed by atoms with Gasteiger partial charge >= 0.3 is 0 Å². The third-order valence-corrected chi connectivity index (χ3v) is 4.54. The van der Waals surface area contributed by atoms with E-state index in [0.717, 1.165) is 29.1 Å². The Bertz CT molecular complexity index is 986. The maximum absolute atomic E-state index is 12.1. The van der Waals surface area contributed by atoms with Crippen LogP contribution >= 0.6 is 0 Å². The van der Waals surface area contributed by atoms with Gasteiger partial charge in [-0.25, -0.2) is 9.50 Å². The number of aryl methyl sites for hydroxylation is 2. The fourth-order valence-corrected chi connectivity index (χ4v) is 3.05. The average molecular weight is 381 g/mol. The molecule has 3 aromatic heterocycles. The lowest BCUT2D eigenvalue weighted by molar-refractivity contribution is -0.121. The molecule has 0 spiro atoms. The summed E-state index contributed by atoms with van der Waals surface area (Å²) in [4.78, 5) is 16.6. The molecule has 1 N–H and O–H groups in total. The van der Waals surface area contributed by atoms with Crippen LogP contribution in [-0.2, 0) is 22.6 Å². The summed E-state index contributed by atoms with van der Waals surface area (Å²) in [7, 11) is 0. The first-order valence-corrected chi connectivity index (χ1v) is 9.21. The number of ether oxygens (including phenoxy) is 1. The maximum atomic E-state index is 12.1. The lowest BCUT2D eigenvalue weighted by Crippen LogP contribution is -2.25. The van der Waals surface area contributed by atoms with Gasteiger partial charge in [-0.2, -0.15) is 10.4 Å². The second-order valence-electron chi connectivity index (χ2n) is 6.50. The highest BCUT2D eigenvalue weighted by Gasteiger charge is 2.14. The number of hydrogen-bond acceptors (Lipinski definition) is 6. The molecule has 0 fully saturated rings. The summed E-state index contributed by atoms with van der Waals surface area (Å²) in [6.07, 6.45) is 4.81. The summed E-state index contributed by atoms with van der Waals surface area (Å²) >= 11 is 0. The van der Waals surface area contributed by atoms with E-state index < -0.39 is 0 Å². The summed E-state index contributed by atoms with van der Waals surface area (Å²) < 4.78 is 12.3. The first kappa shape index (κ1) is 19.6. The van der Waals surface area contributed by atoms with Gasteiger partial charge in [0, 0.05) is 31.0 Å². The van der Waals surface area contributed by atoms with Gasteiger partial charge in [-0.15, -0.1) is 0 Å². The number of carbonyl (C=O) groups excluding carboxylic acids is 1. The number of furan rings is 1. The molecule has 1 amide bonds. The van der Waals surface area contributed by atoms with E-state index in [1.165, 1.54) is 6.20 Å². The first-order valence-electron chi connectivity index (χ1n) is 9.21. The molecule has 0 atom stereocenters. The van der Waals surface area contributed by atoms with Gasteiger partial charge in [0.15, 0.2) is 5.65 Å². The number of nitriles is 1. The Hall–Kier alpha value is -3.18. The van der Waals surface area contributed by atoms with E-state index in [4.69, 9.17) is 14.4 Å². The molecule has 28 heavy (non-hydrogen) atoms. The number of carbonyl (C=O) groups is 1. The summed E-state index contributed by atoms with van der Waals surface area (Å²) in [5, 5.41) is 16.3. The van der Waals surface area contributed by atoms with Gasteiger partial charge in [0.05, 0.1) is 12.5 Å². The largest absolute Gasteiger partial charge is 0.467 e. The second-order valence-corrected chi connectivity index (χ2v) is 6.50. The minimum Gasteiger partial charge on any atom is -0.467 e. The van der Waals surface area contributed by atoms with Crippen molar-refractivity contribution in [3.8, 4) is 6.07 Å². The molecule has 3 aromatic rings. The Kier molecular flexibility index (Phi) is 6.40. The van der Waals surface area contributed by atoms with Crippen molar-refractivity contribution in [2.75, 3.05) is 13.2 Å². The molecule has 0 aliphatic heterocycles. The molecule has 3 rings (SSSR count). The molecule has 0 saturated heterocycles. The normalized spacial score (nSPS) is 10.9. The molecule has 0 saturated carbocycles. The number of aromatic nitrogens is 3. The van der Waals surface area contributed by atoms with Gasteiger partial charge in [-0.1, -0.05) is 0 Å². The molecule has 0 aromatic carbocycles. The third-order valence-electron chi connectivity index (χ3n) is 4.54. The zero-order chi connectivity index (χ0) is 19.9. The summed E-state index contributed by atoms with van der Waals surface area (Å²) in [6.45, 7) is 5.39. The fraction of sp³-hybridized carbons (Fsp3) is 0.400. The lowest BCUT2D eigenvalue weighted by atomic mass is 10.1. The van der Waals surface area contributed by atoms with E-state index in [1.807, 2.05) is 26.0 Å². The molecule has 8 heteroatoms. The van der Waals surface area contributed by atoms with Gasteiger partial charge in [-0.3, -0.25) is 4.79 Å². The Balaban J connectivity index is 1.43. The van der Waals surface area contributed by atoms with Gasteiger partial charge in [-0.05, 0) is 44.4 Å². The summed E-state index contributed by atoms with van der Waals surface area (Å²) in [5.74, 6) is 0.780. The molecule has 8 nitrogen and oxygen atoms in total. The van der Waals surface area contributed by atoms with E-state index in [1.54, 1.807) is 10.8 Å². The van der Waals surface area contributed by atoms with Crippen LogP contribution in [0.25, 0.3) is 5.65 Å². The topological polar surface area (TPSA) is 105 Å². The van der Waals surface area contributed by atoms with E-state index in [0.29, 0.717) is 43.8 Å². The summed E-state index contributed by atoms with van der Waals surface area (Å²) in [6, 6.07) is 5.78. The Labute approximate surface area is 163 Å². The SMILES string of the molecule is Cc1nc2c(C#N)cnn2c(C)c1CCC(=O)NCCCOCc1ccco1. The maximum Gasteiger partial charge on any atom is 0.220 e. The predicted octanol–water partition coefficient (Wildman–Crippen LogP) is 2.47. The van der Waals surface area contributed by atoms with Gasteiger partial charge in [0.1, 0.15) is 24.0 Å². The Morgan fingerprint density at radius 2 is 2.29 bits per heavy atom. The minimum atomic E-state index is -0.0110. The number of nitrogens with zero attached hydrogens (tertiary/aromatic N) is 4. The quantitative estimate of drug-likeness (QED) is 0.571. The third kappa shape index (κ3) is 4.56. The van der Waals surface area contributed by atoms with Crippen molar-refractivity contribution in [3.05, 3.63) is 52.9 Å². The lowest BCUT2D eigenvalue weighted by Gasteiger charge is -2.11.